The molecule has 1 aromatic rings. The number of hydrogen-bond acceptors (Lipinski definition) is 5. The summed E-state index contributed by atoms with van der Waals surface area (Å²) < 4.78 is 0. The van der Waals surface area contributed by atoms with Gasteiger partial charge in [-0.25, -0.2) is 9.69 Å². The molecule has 1 heterocycles. The van der Waals surface area contributed by atoms with Crippen molar-refractivity contribution in [3.63, 3.8) is 0 Å². The molecule has 1 fully saturated rings. The third kappa shape index (κ3) is 3.32. The quantitative estimate of drug-likeness (QED) is 0.476. The zero-order valence-electron chi connectivity index (χ0n) is 13.4. The molecule has 1 N–H and O–H groups in total. The minimum atomic E-state index is -0.998. The second-order valence-electron chi connectivity index (χ2n) is 5.13. The summed E-state index contributed by atoms with van der Waals surface area (Å²) in [7, 11) is 0. The van der Waals surface area contributed by atoms with Crippen LogP contribution in [0.2, 0.25) is 0 Å². The fraction of sp³-hybridized carbons (Fsp3) is 0.312. The largest absolute Gasteiger partial charge is 0.334 e. The number of hydrogen-bond donors (Lipinski definition) is 1. The Morgan fingerprint density at radius 1 is 0.958 bits per heavy atom. The number of ketones is 1. The molecule has 0 aromatic heterocycles. The number of likely N-dealkylation sites (N-methyl/N-ethyl adjacent to an activating group) is 1. The summed E-state index contributed by atoms with van der Waals surface area (Å²) in [6.45, 7) is 2.86. The molecule has 24 heavy (non-hydrogen) atoms. The van der Waals surface area contributed by atoms with E-state index in [2.05, 4.69) is 5.32 Å². The normalized spacial score (nSPS) is 14.3. The highest BCUT2D eigenvalue weighted by molar-refractivity contribution is 6.45. The number of Topliss-reactive ketones (excluding diaryl/α,β-unsaturated/α-hetero) is 1. The maximum absolute atomic E-state index is 12.2. The lowest BCUT2D eigenvalue weighted by Gasteiger charge is -2.13. The first-order chi connectivity index (χ1) is 11.4. The third-order valence-electron chi connectivity index (χ3n) is 3.56. The predicted octanol–water partition coefficient (Wildman–Crippen LogP) is 1.03. The maximum Gasteiger partial charge on any atom is 0.334 e. The van der Waals surface area contributed by atoms with E-state index in [4.69, 9.17) is 0 Å². The average Bonchev–Trinajstić information content (AvgIpc) is 2.78. The highest BCUT2D eigenvalue weighted by Crippen LogP contribution is 2.15. The summed E-state index contributed by atoms with van der Waals surface area (Å²) in [5, 5.41) is 2.64. The predicted molar refractivity (Wildman–Crippen MR) is 84.2 cm³/mol. The van der Waals surface area contributed by atoms with Crippen molar-refractivity contribution in [1.82, 2.24) is 9.80 Å². The van der Waals surface area contributed by atoms with Gasteiger partial charge < -0.3 is 5.32 Å². The van der Waals surface area contributed by atoms with E-state index in [9.17, 15) is 24.0 Å². The summed E-state index contributed by atoms with van der Waals surface area (Å²) in [5.74, 6) is -2.55. The van der Waals surface area contributed by atoms with Crippen LogP contribution in [0.15, 0.2) is 24.3 Å². The number of benzene rings is 1. The molecule has 8 heteroatoms. The Morgan fingerprint density at radius 3 is 2.04 bits per heavy atom. The first-order valence-electron chi connectivity index (χ1n) is 7.49. The van der Waals surface area contributed by atoms with Crippen LogP contribution in [0.4, 0.5) is 10.5 Å². The first kappa shape index (κ1) is 17.3. The van der Waals surface area contributed by atoms with Gasteiger partial charge >= 0.3 is 17.8 Å². The van der Waals surface area contributed by atoms with E-state index in [-0.39, 0.29) is 18.0 Å². The Bertz CT molecular complexity index is 711. The molecule has 2 rings (SSSR count). The highest BCUT2D eigenvalue weighted by Gasteiger charge is 2.44. The van der Waals surface area contributed by atoms with E-state index < -0.39 is 30.2 Å². The number of carbonyl (C=O) groups excluding carboxylic acids is 5. The van der Waals surface area contributed by atoms with Crippen LogP contribution in [0.25, 0.3) is 0 Å². The van der Waals surface area contributed by atoms with Gasteiger partial charge in [-0.05, 0) is 31.2 Å². The second kappa shape index (κ2) is 7.03. The van der Waals surface area contributed by atoms with Crippen LogP contribution < -0.4 is 5.32 Å². The molecule has 0 radical (unpaired) electrons. The highest BCUT2D eigenvalue weighted by atomic mass is 16.2. The van der Waals surface area contributed by atoms with Crippen molar-refractivity contribution in [3.05, 3.63) is 29.8 Å². The number of urea groups is 1. The summed E-state index contributed by atoms with van der Waals surface area (Å²) >= 11 is 0. The Kier molecular flexibility index (Phi) is 5.08. The van der Waals surface area contributed by atoms with Gasteiger partial charge in [0, 0.05) is 24.2 Å². The van der Waals surface area contributed by atoms with Crippen molar-refractivity contribution >= 4 is 35.2 Å². The monoisotopic (exact) mass is 331 g/mol. The van der Waals surface area contributed by atoms with Crippen LogP contribution >= 0.6 is 0 Å². The van der Waals surface area contributed by atoms with E-state index in [0.717, 1.165) is 4.90 Å². The van der Waals surface area contributed by atoms with Crippen LogP contribution in [0, 0.1) is 0 Å². The molecule has 1 aliphatic heterocycles. The minimum absolute atomic E-state index is 0.0694. The van der Waals surface area contributed by atoms with Gasteiger partial charge in [0.1, 0.15) is 0 Å². The van der Waals surface area contributed by atoms with Crippen molar-refractivity contribution in [2.24, 2.45) is 0 Å². The molecular weight excluding hydrogens is 314 g/mol. The fourth-order valence-electron chi connectivity index (χ4n) is 2.19. The van der Waals surface area contributed by atoms with Gasteiger partial charge in [-0.3, -0.25) is 24.1 Å². The molecule has 1 aromatic carbocycles. The topological polar surface area (TPSA) is 104 Å². The summed E-state index contributed by atoms with van der Waals surface area (Å²) in [5.41, 5.74) is 0.812. The molecule has 5 amide bonds. The number of amides is 5. The number of nitrogens with one attached hydrogen (secondary N) is 1. The average molecular weight is 331 g/mol. The summed E-state index contributed by atoms with van der Waals surface area (Å²) in [6, 6.07) is 5.29. The number of nitrogens with zero attached hydrogens (tertiary/aromatic N) is 2. The molecule has 126 valence electrons. The Morgan fingerprint density at radius 2 is 1.54 bits per heavy atom. The van der Waals surface area contributed by atoms with Crippen molar-refractivity contribution in [2.45, 2.75) is 20.3 Å². The number of imide groups is 2. The van der Waals surface area contributed by atoms with Gasteiger partial charge in [0.15, 0.2) is 5.78 Å². The molecule has 8 nitrogen and oxygen atoms in total. The minimum Gasteiger partial charge on any atom is -0.326 e. The van der Waals surface area contributed by atoms with Gasteiger partial charge in [0.2, 0.25) is 5.91 Å². The molecule has 1 saturated heterocycles. The Labute approximate surface area is 138 Å². The molecule has 0 aliphatic carbocycles. The van der Waals surface area contributed by atoms with E-state index in [0.29, 0.717) is 17.0 Å². The zero-order valence-corrected chi connectivity index (χ0v) is 13.4. The molecule has 0 saturated carbocycles. The van der Waals surface area contributed by atoms with Crippen molar-refractivity contribution in [3.8, 4) is 0 Å². The molecule has 0 spiro atoms. The Hall–Kier alpha value is -3.03. The van der Waals surface area contributed by atoms with Crippen LogP contribution in [-0.4, -0.2) is 52.4 Å². The van der Waals surface area contributed by atoms with Gasteiger partial charge in [-0.1, -0.05) is 6.92 Å². The smallest absolute Gasteiger partial charge is 0.326 e. The second-order valence-corrected chi connectivity index (χ2v) is 5.13. The van der Waals surface area contributed by atoms with Gasteiger partial charge in [0.05, 0.1) is 6.54 Å². The lowest BCUT2D eigenvalue weighted by Crippen LogP contribution is -2.36. The number of carbonyl (C=O) groups is 5. The lowest BCUT2D eigenvalue weighted by atomic mass is 10.1. The number of rotatable bonds is 6. The molecule has 1 aliphatic rings. The fourth-order valence-corrected chi connectivity index (χ4v) is 2.19. The van der Waals surface area contributed by atoms with E-state index in [1.165, 1.54) is 12.1 Å². The Balaban J connectivity index is 2.07. The van der Waals surface area contributed by atoms with E-state index in [1.54, 1.807) is 26.0 Å². The summed E-state index contributed by atoms with van der Waals surface area (Å²) in [4.78, 5) is 60.3. The van der Waals surface area contributed by atoms with E-state index >= 15 is 0 Å². The van der Waals surface area contributed by atoms with Gasteiger partial charge in [0.25, 0.3) is 0 Å². The van der Waals surface area contributed by atoms with Crippen LogP contribution in [0.3, 0.4) is 0 Å². The lowest BCUT2D eigenvalue weighted by molar-refractivity contribution is -0.143. The standard InChI is InChI=1S/C16H17N3O5/c1-3-13(21)17-11-7-5-10(6-8-11)12(20)9-19-15(23)14(22)18(4-2)16(19)24/h5-8H,3-4,9H2,1-2H3,(H,17,21). The van der Waals surface area contributed by atoms with Crippen molar-refractivity contribution in [1.29, 1.82) is 0 Å². The van der Waals surface area contributed by atoms with Crippen LogP contribution in [0.5, 0.6) is 0 Å². The first-order valence-corrected chi connectivity index (χ1v) is 7.49. The number of anilines is 1. The van der Waals surface area contributed by atoms with Crippen LogP contribution in [-0.2, 0) is 14.4 Å². The van der Waals surface area contributed by atoms with Crippen molar-refractivity contribution in [2.75, 3.05) is 18.4 Å². The summed E-state index contributed by atoms with van der Waals surface area (Å²) in [6.07, 6.45) is 0.335. The van der Waals surface area contributed by atoms with Crippen molar-refractivity contribution < 1.29 is 24.0 Å². The zero-order chi connectivity index (χ0) is 17.9. The molecule has 0 bridgehead atoms. The van der Waals surface area contributed by atoms with E-state index in [1.807, 2.05) is 0 Å². The SMILES string of the molecule is CCC(=O)Nc1ccc(C(=O)CN2C(=O)C(=O)N(CC)C2=O)cc1. The maximum atomic E-state index is 12.2. The molecular formula is C16H17N3O5. The van der Waals surface area contributed by atoms with Gasteiger partial charge in [-0.15, -0.1) is 0 Å². The molecule has 0 atom stereocenters. The molecule has 0 unspecified atom stereocenters. The van der Waals surface area contributed by atoms with Gasteiger partial charge in [-0.2, -0.15) is 0 Å². The van der Waals surface area contributed by atoms with Crippen LogP contribution in [0.1, 0.15) is 30.6 Å². The third-order valence-corrected chi connectivity index (χ3v) is 3.56.